The maximum absolute atomic E-state index is 4.93. The molecular weight excluding hydrogens is 322 g/mol. The molecule has 1 saturated carbocycles. The Hall–Kier alpha value is -1.72. The van der Waals surface area contributed by atoms with Crippen LogP contribution >= 0.6 is 0 Å². The van der Waals surface area contributed by atoms with Crippen LogP contribution in [0.15, 0.2) is 30.3 Å². The number of hydrogen-bond acceptors (Lipinski definition) is 4. The van der Waals surface area contributed by atoms with Crippen LogP contribution in [0.3, 0.4) is 0 Å². The van der Waals surface area contributed by atoms with E-state index in [0.29, 0.717) is 23.3 Å². The Morgan fingerprint density at radius 2 is 1.92 bits per heavy atom. The second kappa shape index (κ2) is 6.17. The Morgan fingerprint density at radius 1 is 1.15 bits per heavy atom. The standard InChI is InChI=1S/C21H29N5/c1-15(2)26-13-21(14-26)12-25(10-16-6-4-3-5-7-16)11-18(21)20-22-19(23-24-20)17-8-9-17/h3-7,15,17-18H,8-14H2,1-2H3,(H,22,23,24). The van der Waals surface area contributed by atoms with Crippen molar-refractivity contribution in [2.24, 2.45) is 5.41 Å². The first-order valence-corrected chi connectivity index (χ1v) is 10.1. The second-order valence-corrected chi connectivity index (χ2v) is 8.92. The van der Waals surface area contributed by atoms with Crippen molar-refractivity contribution in [3.05, 3.63) is 47.5 Å². The fraction of sp³-hybridized carbons (Fsp3) is 0.619. The maximum atomic E-state index is 4.93. The van der Waals surface area contributed by atoms with Crippen molar-refractivity contribution in [3.8, 4) is 0 Å². The van der Waals surface area contributed by atoms with Crippen LogP contribution in [0.25, 0.3) is 0 Å². The summed E-state index contributed by atoms with van der Waals surface area (Å²) in [5, 5.41) is 7.86. The number of benzene rings is 1. The summed E-state index contributed by atoms with van der Waals surface area (Å²) in [6, 6.07) is 11.5. The minimum absolute atomic E-state index is 0.333. The second-order valence-electron chi connectivity index (χ2n) is 8.92. The maximum Gasteiger partial charge on any atom is 0.153 e. The first-order chi connectivity index (χ1) is 12.6. The molecule has 1 aliphatic carbocycles. The van der Waals surface area contributed by atoms with Gasteiger partial charge in [-0.2, -0.15) is 5.10 Å². The molecule has 0 amide bonds. The summed E-state index contributed by atoms with van der Waals surface area (Å²) in [4.78, 5) is 10.1. The lowest BCUT2D eigenvalue weighted by Gasteiger charge is -2.52. The molecule has 1 N–H and O–H groups in total. The molecule has 1 aromatic heterocycles. The van der Waals surface area contributed by atoms with Gasteiger partial charge in [-0.3, -0.25) is 14.9 Å². The molecule has 3 fully saturated rings. The molecule has 2 saturated heterocycles. The highest BCUT2D eigenvalue weighted by Gasteiger charge is 2.56. The van der Waals surface area contributed by atoms with E-state index >= 15 is 0 Å². The quantitative estimate of drug-likeness (QED) is 0.900. The van der Waals surface area contributed by atoms with E-state index in [4.69, 9.17) is 4.98 Å². The van der Waals surface area contributed by atoms with Crippen LogP contribution in [0, 0.1) is 5.41 Å². The zero-order valence-electron chi connectivity index (χ0n) is 15.9. The number of H-pyrrole nitrogens is 1. The summed E-state index contributed by atoms with van der Waals surface area (Å²) in [5.41, 5.74) is 1.74. The van der Waals surface area contributed by atoms with E-state index in [9.17, 15) is 0 Å². The van der Waals surface area contributed by atoms with Crippen LogP contribution in [0.5, 0.6) is 0 Å². The van der Waals surface area contributed by atoms with Crippen LogP contribution in [-0.4, -0.2) is 57.2 Å². The van der Waals surface area contributed by atoms with Gasteiger partial charge in [-0.05, 0) is 32.3 Å². The Kier molecular flexibility index (Phi) is 3.90. The smallest absolute Gasteiger partial charge is 0.153 e. The fourth-order valence-electron chi connectivity index (χ4n) is 4.83. The largest absolute Gasteiger partial charge is 0.300 e. The number of hydrogen-bond donors (Lipinski definition) is 1. The molecule has 1 atom stereocenters. The molecule has 2 aliphatic heterocycles. The normalized spacial score (nSPS) is 25.9. The lowest BCUT2D eigenvalue weighted by atomic mass is 9.70. The van der Waals surface area contributed by atoms with Crippen LogP contribution in [0.1, 0.15) is 55.7 Å². The summed E-state index contributed by atoms with van der Waals surface area (Å²) in [7, 11) is 0. The molecule has 1 spiro atoms. The summed E-state index contributed by atoms with van der Waals surface area (Å²) in [5.74, 6) is 3.27. The Balaban J connectivity index is 1.37. The van der Waals surface area contributed by atoms with Gasteiger partial charge in [0.15, 0.2) is 5.82 Å². The van der Waals surface area contributed by atoms with Crippen molar-refractivity contribution in [1.29, 1.82) is 0 Å². The van der Waals surface area contributed by atoms with Crippen LogP contribution < -0.4 is 0 Å². The number of aromatic nitrogens is 3. The highest BCUT2D eigenvalue weighted by molar-refractivity contribution is 5.21. The average molecular weight is 351 g/mol. The van der Waals surface area contributed by atoms with Gasteiger partial charge in [0, 0.05) is 56.0 Å². The summed E-state index contributed by atoms with van der Waals surface area (Å²) in [6.45, 7) is 10.2. The van der Waals surface area contributed by atoms with Gasteiger partial charge < -0.3 is 0 Å². The number of nitrogens with one attached hydrogen (secondary N) is 1. The predicted molar refractivity (Wildman–Crippen MR) is 102 cm³/mol. The summed E-state index contributed by atoms with van der Waals surface area (Å²) < 4.78 is 0. The summed E-state index contributed by atoms with van der Waals surface area (Å²) >= 11 is 0. The molecule has 3 aliphatic rings. The van der Waals surface area contributed by atoms with Gasteiger partial charge in [-0.1, -0.05) is 30.3 Å². The minimum Gasteiger partial charge on any atom is -0.300 e. The van der Waals surface area contributed by atoms with Crippen molar-refractivity contribution in [3.63, 3.8) is 0 Å². The monoisotopic (exact) mass is 351 g/mol. The third kappa shape index (κ3) is 2.87. The fourth-order valence-corrected chi connectivity index (χ4v) is 4.83. The number of nitrogens with zero attached hydrogens (tertiary/aromatic N) is 4. The highest BCUT2D eigenvalue weighted by Crippen LogP contribution is 2.49. The highest BCUT2D eigenvalue weighted by atomic mass is 15.3. The topological polar surface area (TPSA) is 48.1 Å². The van der Waals surface area contributed by atoms with Gasteiger partial charge in [0.1, 0.15) is 5.82 Å². The van der Waals surface area contributed by atoms with E-state index < -0.39 is 0 Å². The lowest BCUT2D eigenvalue weighted by molar-refractivity contribution is -0.0261. The molecule has 26 heavy (non-hydrogen) atoms. The predicted octanol–water partition coefficient (Wildman–Crippen LogP) is 2.99. The SMILES string of the molecule is CC(C)N1CC2(CN(Cc3ccccc3)CC2c2nc(C3CC3)n[nH]2)C1. The molecule has 3 heterocycles. The molecule has 5 nitrogen and oxygen atoms in total. The zero-order chi connectivity index (χ0) is 17.7. The van der Waals surface area contributed by atoms with E-state index in [1.54, 1.807) is 0 Å². The minimum atomic E-state index is 0.333. The van der Waals surface area contributed by atoms with Crippen molar-refractivity contribution in [2.45, 2.75) is 51.1 Å². The number of aromatic amines is 1. The number of rotatable bonds is 5. The Morgan fingerprint density at radius 3 is 2.62 bits per heavy atom. The van der Waals surface area contributed by atoms with Crippen LogP contribution in [0.4, 0.5) is 0 Å². The molecular formula is C21H29N5. The molecule has 1 unspecified atom stereocenters. The van der Waals surface area contributed by atoms with E-state index in [2.05, 4.69) is 64.2 Å². The Bertz CT molecular complexity index is 758. The lowest BCUT2D eigenvalue weighted by Crippen LogP contribution is -2.61. The van der Waals surface area contributed by atoms with Crippen molar-refractivity contribution < 1.29 is 0 Å². The van der Waals surface area contributed by atoms with Gasteiger partial charge >= 0.3 is 0 Å². The summed E-state index contributed by atoms with van der Waals surface area (Å²) in [6.07, 6.45) is 2.52. The van der Waals surface area contributed by atoms with Gasteiger partial charge in [-0.25, -0.2) is 4.98 Å². The first-order valence-electron chi connectivity index (χ1n) is 10.1. The van der Waals surface area contributed by atoms with Gasteiger partial charge in [0.25, 0.3) is 0 Å². The van der Waals surface area contributed by atoms with Gasteiger partial charge in [0.2, 0.25) is 0 Å². The van der Waals surface area contributed by atoms with Crippen LogP contribution in [-0.2, 0) is 6.54 Å². The molecule has 138 valence electrons. The van der Waals surface area contributed by atoms with E-state index in [0.717, 1.165) is 31.3 Å². The molecule has 5 heteroatoms. The number of likely N-dealkylation sites (tertiary alicyclic amines) is 2. The van der Waals surface area contributed by atoms with Crippen LogP contribution in [0.2, 0.25) is 0 Å². The van der Waals surface area contributed by atoms with Gasteiger partial charge in [-0.15, -0.1) is 0 Å². The Labute approximate surface area is 155 Å². The third-order valence-corrected chi connectivity index (χ3v) is 6.53. The average Bonchev–Trinajstić information content (AvgIpc) is 3.20. The first kappa shape index (κ1) is 16.5. The molecule has 5 rings (SSSR count). The van der Waals surface area contributed by atoms with Crippen molar-refractivity contribution in [2.75, 3.05) is 26.2 Å². The molecule has 1 aromatic carbocycles. The van der Waals surface area contributed by atoms with E-state index in [1.807, 2.05) is 0 Å². The molecule has 0 radical (unpaired) electrons. The van der Waals surface area contributed by atoms with E-state index in [1.165, 1.54) is 31.5 Å². The van der Waals surface area contributed by atoms with Crippen molar-refractivity contribution >= 4 is 0 Å². The molecule has 2 aromatic rings. The van der Waals surface area contributed by atoms with Gasteiger partial charge in [0.05, 0.1) is 0 Å². The van der Waals surface area contributed by atoms with E-state index in [-0.39, 0.29) is 0 Å². The third-order valence-electron chi connectivity index (χ3n) is 6.53. The zero-order valence-corrected chi connectivity index (χ0v) is 15.9. The molecule has 0 bridgehead atoms. The van der Waals surface area contributed by atoms with Crippen molar-refractivity contribution in [1.82, 2.24) is 25.0 Å².